The Morgan fingerprint density at radius 3 is 2.75 bits per heavy atom. The van der Waals surface area contributed by atoms with Crippen molar-refractivity contribution in [3.05, 3.63) is 58.3 Å². The van der Waals surface area contributed by atoms with Crippen molar-refractivity contribution in [2.75, 3.05) is 11.1 Å². The highest BCUT2D eigenvalue weighted by atomic mass is 79.9. The molecule has 2 aromatic carbocycles. The third kappa shape index (κ3) is 2.44. The van der Waals surface area contributed by atoms with Gasteiger partial charge in [0.05, 0.1) is 5.02 Å². The first-order valence-electron chi connectivity index (χ1n) is 5.99. The molecule has 100 valence electrons. The molecule has 3 N–H and O–H groups in total. The second-order valence-electron chi connectivity index (χ2n) is 4.38. The van der Waals surface area contributed by atoms with E-state index in [1.807, 2.05) is 36.4 Å². The smallest absolute Gasteiger partial charge is 0.0568 e. The average molecular weight is 349 g/mol. The fourth-order valence-corrected chi connectivity index (χ4v) is 2.48. The van der Waals surface area contributed by atoms with Gasteiger partial charge in [-0.25, -0.2) is 0 Å². The van der Waals surface area contributed by atoms with Gasteiger partial charge in [0.25, 0.3) is 0 Å². The van der Waals surface area contributed by atoms with Crippen molar-refractivity contribution < 1.29 is 0 Å². The zero-order valence-electron chi connectivity index (χ0n) is 10.4. The molecular formula is C15H11BrClN3. The number of aromatic nitrogens is 1. The minimum atomic E-state index is 0.663. The van der Waals surface area contributed by atoms with Gasteiger partial charge in [-0.15, -0.1) is 0 Å². The maximum absolute atomic E-state index is 6.11. The number of hydrogen-bond donors (Lipinski definition) is 2. The Kier molecular flexibility index (Phi) is 3.51. The van der Waals surface area contributed by atoms with E-state index in [0.29, 0.717) is 10.7 Å². The van der Waals surface area contributed by atoms with Crippen molar-refractivity contribution in [3.63, 3.8) is 0 Å². The summed E-state index contributed by atoms with van der Waals surface area (Å²) >= 11 is 9.49. The molecule has 0 saturated heterocycles. The van der Waals surface area contributed by atoms with E-state index in [1.54, 1.807) is 12.4 Å². The number of halogens is 2. The number of nitrogens with one attached hydrogen (secondary N) is 1. The molecule has 5 heteroatoms. The lowest BCUT2D eigenvalue weighted by Crippen LogP contribution is -1.94. The second kappa shape index (κ2) is 5.31. The van der Waals surface area contributed by atoms with Crippen LogP contribution in [0.4, 0.5) is 17.1 Å². The predicted octanol–water partition coefficient (Wildman–Crippen LogP) is 4.98. The van der Waals surface area contributed by atoms with Crippen molar-refractivity contribution in [2.24, 2.45) is 0 Å². The van der Waals surface area contributed by atoms with Crippen LogP contribution in [0, 0.1) is 0 Å². The molecule has 0 bridgehead atoms. The van der Waals surface area contributed by atoms with Gasteiger partial charge in [0, 0.05) is 44.7 Å². The molecule has 3 aromatic rings. The molecule has 0 spiro atoms. The van der Waals surface area contributed by atoms with Gasteiger partial charge in [0.15, 0.2) is 0 Å². The normalized spacial score (nSPS) is 10.7. The van der Waals surface area contributed by atoms with Crippen molar-refractivity contribution >= 4 is 55.4 Å². The molecule has 0 atom stereocenters. The zero-order chi connectivity index (χ0) is 14.1. The van der Waals surface area contributed by atoms with Crippen molar-refractivity contribution in [2.45, 2.75) is 0 Å². The van der Waals surface area contributed by atoms with E-state index in [-0.39, 0.29) is 0 Å². The van der Waals surface area contributed by atoms with E-state index in [9.17, 15) is 0 Å². The van der Waals surface area contributed by atoms with Crippen LogP contribution in [0.15, 0.2) is 53.3 Å². The summed E-state index contributed by atoms with van der Waals surface area (Å²) in [5.74, 6) is 0. The summed E-state index contributed by atoms with van der Waals surface area (Å²) in [5, 5.41) is 5.98. The first-order chi connectivity index (χ1) is 9.65. The van der Waals surface area contributed by atoms with Gasteiger partial charge in [-0.2, -0.15) is 0 Å². The van der Waals surface area contributed by atoms with Crippen LogP contribution in [0.25, 0.3) is 10.8 Å². The molecule has 0 aliphatic rings. The Balaban J connectivity index is 2.06. The van der Waals surface area contributed by atoms with Crippen molar-refractivity contribution in [1.29, 1.82) is 0 Å². The van der Waals surface area contributed by atoms with E-state index in [4.69, 9.17) is 17.3 Å². The van der Waals surface area contributed by atoms with Gasteiger partial charge < -0.3 is 11.1 Å². The fourth-order valence-electron chi connectivity index (χ4n) is 2.05. The molecule has 3 rings (SSSR count). The lowest BCUT2D eigenvalue weighted by atomic mass is 10.1. The third-order valence-electron chi connectivity index (χ3n) is 3.05. The SMILES string of the molecule is Nc1ccc(Nc2ccc(Br)c(Cl)c2)c2ccncc12. The topological polar surface area (TPSA) is 50.9 Å². The quantitative estimate of drug-likeness (QED) is 0.642. The van der Waals surface area contributed by atoms with E-state index < -0.39 is 0 Å². The number of nitrogens with two attached hydrogens (primary N) is 1. The molecule has 0 aliphatic carbocycles. The van der Waals surface area contributed by atoms with E-state index in [1.165, 1.54) is 0 Å². The molecular weight excluding hydrogens is 338 g/mol. The Labute approximate surface area is 129 Å². The van der Waals surface area contributed by atoms with Crippen LogP contribution in [0.3, 0.4) is 0 Å². The van der Waals surface area contributed by atoms with Crippen molar-refractivity contribution in [1.82, 2.24) is 4.98 Å². The number of fused-ring (bicyclic) bond motifs is 1. The first-order valence-corrected chi connectivity index (χ1v) is 7.16. The van der Waals surface area contributed by atoms with Crippen LogP contribution in [0.1, 0.15) is 0 Å². The summed E-state index contributed by atoms with van der Waals surface area (Å²) in [6.07, 6.45) is 3.52. The van der Waals surface area contributed by atoms with E-state index >= 15 is 0 Å². The summed E-state index contributed by atoms with van der Waals surface area (Å²) < 4.78 is 0.871. The van der Waals surface area contributed by atoms with Crippen LogP contribution in [0.2, 0.25) is 5.02 Å². The van der Waals surface area contributed by atoms with Crippen LogP contribution < -0.4 is 11.1 Å². The Hall–Kier alpha value is -1.78. The molecule has 0 radical (unpaired) electrons. The largest absolute Gasteiger partial charge is 0.398 e. The van der Waals surface area contributed by atoms with Gasteiger partial charge in [0.1, 0.15) is 0 Å². The maximum atomic E-state index is 6.11. The van der Waals surface area contributed by atoms with Gasteiger partial charge in [0.2, 0.25) is 0 Å². The lowest BCUT2D eigenvalue weighted by molar-refractivity contribution is 1.36. The van der Waals surface area contributed by atoms with Crippen molar-refractivity contribution in [3.8, 4) is 0 Å². The fraction of sp³-hybridized carbons (Fsp3) is 0. The highest BCUT2D eigenvalue weighted by Crippen LogP contribution is 2.32. The van der Waals surface area contributed by atoms with E-state index in [2.05, 4.69) is 26.2 Å². The minimum Gasteiger partial charge on any atom is -0.398 e. The number of anilines is 3. The summed E-state index contributed by atoms with van der Waals surface area (Å²) in [5.41, 5.74) is 8.57. The summed E-state index contributed by atoms with van der Waals surface area (Å²) in [4.78, 5) is 4.11. The molecule has 0 unspecified atom stereocenters. The second-order valence-corrected chi connectivity index (χ2v) is 5.64. The standard InChI is InChI=1S/C15H11BrClN3/c16-12-2-1-9(7-13(12)17)20-15-4-3-14(18)11-8-19-6-5-10(11)15/h1-8,20H,18H2. The molecule has 0 aliphatic heterocycles. The van der Waals surface area contributed by atoms with Gasteiger partial charge in [-0.05, 0) is 52.3 Å². The van der Waals surface area contributed by atoms with Crippen LogP contribution in [-0.4, -0.2) is 4.98 Å². The van der Waals surface area contributed by atoms with Crippen LogP contribution >= 0.6 is 27.5 Å². The molecule has 0 amide bonds. The summed E-state index contributed by atoms with van der Waals surface area (Å²) in [6.45, 7) is 0. The number of nitrogens with zero attached hydrogens (tertiary/aromatic N) is 1. The van der Waals surface area contributed by atoms with Gasteiger partial charge in [-0.1, -0.05) is 11.6 Å². The van der Waals surface area contributed by atoms with Gasteiger partial charge in [-0.3, -0.25) is 4.98 Å². The predicted molar refractivity (Wildman–Crippen MR) is 88.6 cm³/mol. The summed E-state index contributed by atoms with van der Waals surface area (Å²) in [6, 6.07) is 11.5. The van der Waals surface area contributed by atoms with Crippen LogP contribution in [-0.2, 0) is 0 Å². The maximum Gasteiger partial charge on any atom is 0.0568 e. The number of benzene rings is 2. The number of pyridine rings is 1. The highest BCUT2D eigenvalue weighted by molar-refractivity contribution is 9.10. The molecule has 3 nitrogen and oxygen atoms in total. The molecule has 0 fully saturated rings. The highest BCUT2D eigenvalue weighted by Gasteiger charge is 2.05. The third-order valence-corrected chi connectivity index (χ3v) is 4.28. The molecule has 0 saturated carbocycles. The van der Waals surface area contributed by atoms with Crippen LogP contribution in [0.5, 0.6) is 0 Å². The average Bonchev–Trinajstić information content (AvgIpc) is 2.46. The number of rotatable bonds is 2. The number of nitrogen functional groups attached to an aromatic ring is 1. The Morgan fingerprint density at radius 2 is 1.95 bits per heavy atom. The van der Waals surface area contributed by atoms with Gasteiger partial charge >= 0.3 is 0 Å². The van der Waals surface area contributed by atoms with E-state index in [0.717, 1.165) is 26.6 Å². The number of hydrogen-bond acceptors (Lipinski definition) is 3. The molecule has 1 aromatic heterocycles. The monoisotopic (exact) mass is 347 g/mol. The molecule has 20 heavy (non-hydrogen) atoms. The summed E-state index contributed by atoms with van der Waals surface area (Å²) in [7, 11) is 0. The molecule has 1 heterocycles. The Bertz CT molecular complexity index is 789. The lowest BCUT2D eigenvalue weighted by Gasteiger charge is -2.11. The Morgan fingerprint density at radius 1 is 1.10 bits per heavy atom. The first kappa shape index (κ1) is 13.2. The zero-order valence-corrected chi connectivity index (χ0v) is 12.7. The minimum absolute atomic E-state index is 0.663.